The van der Waals surface area contributed by atoms with Crippen LogP contribution in [0.5, 0.6) is 0 Å². The smallest absolute Gasteiger partial charge is 0.257 e. The maximum atomic E-state index is 12.1. The van der Waals surface area contributed by atoms with Crippen LogP contribution in [0.2, 0.25) is 10.0 Å². The molecule has 0 bridgehead atoms. The van der Waals surface area contributed by atoms with Crippen molar-refractivity contribution in [3.8, 4) is 0 Å². The van der Waals surface area contributed by atoms with Gasteiger partial charge in [0.05, 0.1) is 17.7 Å². The zero-order valence-corrected chi connectivity index (χ0v) is 16.6. The molecule has 2 aromatic carbocycles. The van der Waals surface area contributed by atoms with Gasteiger partial charge in [-0.3, -0.25) is 14.9 Å². The standard InChI is InChI=1S/C18H13Cl2N5O2S/c19-13-7-6-12(14(20)8-13)10-21-23-15(26)9-16-24-25-18(28-16)22-17(27)11-4-2-1-3-5-11/h1-8,10H,9H2,(H,23,26)(H,22,25,27)/b21-10-. The van der Waals surface area contributed by atoms with Gasteiger partial charge in [-0.2, -0.15) is 5.10 Å². The van der Waals surface area contributed by atoms with Gasteiger partial charge in [0.1, 0.15) is 5.01 Å². The van der Waals surface area contributed by atoms with E-state index in [0.717, 1.165) is 11.3 Å². The minimum atomic E-state index is -0.376. The molecule has 7 nitrogen and oxygen atoms in total. The topological polar surface area (TPSA) is 96.3 Å². The van der Waals surface area contributed by atoms with E-state index in [2.05, 4.69) is 26.0 Å². The zero-order valence-electron chi connectivity index (χ0n) is 14.2. The van der Waals surface area contributed by atoms with Crippen LogP contribution in [0.4, 0.5) is 5.13 Å². The summed E-state index contributed by atoms with van der Waals surface area (Å²) in [6, 6.07) is 13.7. The lowest BCUT2D eigenvalue weighted by Crippen LogP contribution is -2.19. The molecule has 3 rings (SSSR count). The maximum Gasteiger partial charge on any atom is 0.257 e. The van der Waals surface area contributed by atoms with Gasteiger partial charge in [0.15, 0.2) is 0 Å². The molecule has 10 heteroatoms. The maximum absolute atomic E-state index is 12.1. The van der Waals surface area contributed by atoms with Crippen molar-refractivity contribution in [1.82, 2.24) is 15.6 Å². The lowest BCUT2D eigenvalue weighted by atomic mass is 10.2. The molecule has 1 aromatic heterocycles. The number of carbonyl (C=O) groups excluding carboxylic acids is 2. The summed E-state index contributed by atoms with van der Waals surface area (Å²) in [5.74, 6) is -0.671. The Labute approximate surface area is 174 Å². The van der Waals surface area contributed by atoms with Gasteiger partial charge in [-0.15, -0.1) is 10.2 Å². The molecule has 0 atom stereocenters. The fourth-order valence-corrected chi connectivity index (χ4v) is 3.28. The Morgan fingerprint density at radius 3 is 2.64 bits per heavy atom. The molecule has 0 spiro atoms. The van der Waals surface area contributed by atoms with Crippen molar-refractivity contribution in [2.75, 3.05) is 5.32 Å². The quantitative estimate of drug-likeness (QED) is 0.456. The summed E-state index contributed by atoms with van der Waals surface area (Å²) in [5.41, 5.74) is 3.51. The molecule has 0 unspecified atom stereocenters. The van der Waals surface area contributed by atoms with Crippen LogP contribution in [0, 0.1) is 0 Å². The molecule has 2 N–H and O–H groups in total. The Balaban J connectivity index is 1.52. The molecule has 0 aliphatic carbocycles. The number of rotatable bonds is 6. The molecule has 3 aromatic rings. The third kappa shape index (κ3) is 5.59. The summed E-state index contributed by atoms with van der Waals surface area (Å²) in [6.07, 6.45) is 1.40. The lowest BCUT2D eigenvalue weighted by Gasteiger charge is -2.00. The van der Waals surface area contributed by atoms with Crippen LogP contribution in [0.3, 0.4) is 0 Å². The fourth-order valence-electron chi connectivity index (χ4n) is 2.09. The van der Waals surface area contributed by atoms with Gasteiger partial charge in [-0.25, -0.2) is 5.43 Å². The van der Waals surface area contributed by atoms with Crippen molar-refractivity contribution >= 4 is 57.7 Å². The molecule has 0 aliphatic rings. The number of aromatic nitrogens is 2. The fraction of sp³-hybridized carbons (Fsp3) is 0.0556. The number of halogens is 2. The van der Waals surface area contributed by atoms with E-state index >= 15 is 0 Å². The van der Waals surface area contributed by atoms with Crippen molar-refractivity contribution < 1.29 is 9.59 Å². The summed E-state index contributed by atoms with van der Waals surface area (Å²) in [7, 11) is 0. The van der Waals surface area contributed by atoms with E-state index < -0.39 is 0 Å². The van der Waals surface area contributed by atoms with E-state index in [9.17, 15) is 9.59 Å². The van der Waals surface area contributed by atoms with Gasteiger partial charge in [0.25, 0.3) is 5.91 Å². The third-order valence-corrected chi connectivity index (χ3v) is 4.79. The first-order valence-electron chi connectivity index (χ1n) is 7.97. The Kier molecular flexibility index (Phi) is 6.70. The van der Waals surface area contributed by atoms with Gasteiger partial charge in [-0.1, -0.05) is 58.8 Å². The summed E-state index contributed by atoms with van der Waals surface area (Å²) in [4.78, 5) is 24.0. The first-order valence-corrected chi connectivity index (χ1v) is 9.54. The highest BCUT2D eigenvalue weighted by Crippen LogP contribution is 2.19. The molecule has 0 fully saturated rings. The number of carbonyl (C=O) groups is 2. The number of nitrogens with one attached hydrogen (secondary N) is 2. The number of hydrogen-bond acceptors (Lipinski definition) is 6. The normalized spacial score (nSPS) is 10.8. The first-order chi connectivity index (χ1) is 13.5. The predicted octanol–water partition coefficient (Wildman–Crippen LogP) is 3.79. The molecule has 142 valence electrons. The first kappa shape index (κ1) is 19.9. The molecule has 1 heterocycles. The van der Waals surface area contributed by atoms with E-state index in [1.807, 2.05) is 6.07 Å². The van der Waals surface area contributed by atoms with Gasteiger partial charge in [0.2, 0.25) is 11.0 Å². The van der Waals surface area contributed by atoms with Crippen molar-refractivity contribution in [3.05, 3.63) is 74.7 Å². The van der Waals surface area contributed by atoms with Crippen LogP contribution >= 0.6 is 34.5 Å². The Hall–Kier alpha value is -2.81. The second-order valence-electron chi connectivity index (χ2n) is 5.46. The average molecular weight is 434 g/mol. The van der Waals surface area contributed by atoms with E-state index in [0.29, 0.717) is 31.3 Å². The molecular formula is C18H13Cl2N5O2S. The van der Waals surface area contributed by atoms with E-state index in [1.54, 1.807) is 42.5 Å². The van der Waals surface area contributed by atoms with Crippen LogP contribution in [0.1, 0.15) is 20.9 Å². The summed E-state index contributed by atoms with van der Waals surface area (Å²) >= 11 is 13.0. The summed E-state index contributed by atoms with van der Waals surface area (Å²) in [5, 5.41) is 16.0. The number of amides is 2. The van der Waals surface area contributed by atoms with Crippen molar-refractivity contribution in [2.45, 2.75) is 6.42 Å². The molecule has 0 radical (unpaired) electrons. The predicted molar refractivity (Wildman–Crippen MR) is 110 cm³/mol. The van der Waals surface area contributed by atoms with E-state index in [-0.39, 0.29) is 18.2 Å². The van der Waals surface area contributed by atoms with Crippen LogP contribution < -0.4 is 10.7 Å². The number of hydrazone groups is 1. The minimum Gasteiger partial charge on any atom is -0.296 e. The second kappa shape index (κ2) is 9.41. The number of anilines is 1. The molecule has 0 aliphatic heterocycles. The lowest BCUT2D eigenvalue weighted by molar-refractivity contribution is -0.120. The number of benzene rings is 2. The molecule has 28 heavy (non-hydrogen) atoms. The molecule has 0 saturated carbocycles. The monoisotopic (exact) mass is 433 g/mol. The Morgan fingerprint density at radius 2 is 1.89 bits per heavy atom. The highest BCUT2D eigenvalue weighted by molar-refractivity contribution is 7.15. The van der Waals surface area contributed by atoms with Crippen LogP contribution in [-0.2, 0) is 11.2 Å². The van der Waals surface area contributed by atoms with Crippen molar-refractivity contribution in [2.24, 2.45) is 5.10 Å². The van der Waals surface area contributed by atoms with Gasteiger partial charge in [-0.05, 0) is 24.3 Å². The highest BCUT2D eigenvalue weighted by atomic mass is 35.5. The van der Waals surface area contributed by atoms with E-state index in [1.165, 1.54) is 6.21 Å². The molecular weight excluding hydrogens is 421 g/mol. The second-order valence-corrected chi connectivity index (χ2v) is 7.36. The largest absolute Gasteiger partial charge is 0.296 e. The minimum absolute atomic E-state index is 0.0232. The van der Waals surface area contributed by atoms with E-state index in [4.69, 9.17) is 23.2 Å². The Morgan fingerprint density at radius 1 is 1.11 bits per heavy atom. The average Bonchev–Trinajstić information content (AvgIpc) is 3.11. The number of nitrogens with zero attached hydrogens (tertiary/aromatic N) is 3. The highest BCUT2D eigenvalue weighted by Gasteiger charge is 2.12. The molecule has 0 saturated heterocycles. The SMILES string of the molecule is O=C(Cc1nnc(NC(=O)c2ccccc2)s1)N/N=C\c1ccc(Cl)cc1Cl. The van der Waals surface area contributed by atoms with Crippen molar-refractivity contribution in [3.63, 3.8) is 0 Å². The third-order valence-electron chi connectivity index (χ3n) is 3.39. The zero-order chi connectivity index (χ0) is 19.9. The summed E-state index contributed by atoms with van der Waals surface area (Å²) in [6.45, 7) is 0. The van der Waals surface area contributed by atoms with Crippen molar-refractivity contribution in [1.29, 1.82) is 0 Å². The van der Waals surface area contributed by atoms with Crippen LogP contribution in [0.15, 0.2) is 53.6 Å². The van der Waals surface area contributed by atoms with Crippen LogP contribution in [-0.4, -0.2) is 28.2 Å². The van der Waals surface area contributed by atoms with Gasteiger partial charge in [0, 0.05) is 16.1 Å². The Bertz CT molecular complexity index is 1020. The summed E-state index contributed by atoms with van der Waals surface area (Å²) < 4.78 is 0. The number of hydrogen-bond donors (Lipinski definition) is 2. The van der Waals surface area contributed by atoms with Gasteiger partial charge < -0.3 is 0 Å². The van der Waals surface area contributed by atoms with Gasteiger partial charge >= 0.3 is 0 Å². The molecule has 2 amide bonds. The van der Waals surface area contributed by atoms with Crippen LogP contribution in [0.25, 0.3) is 0 Å².